The molecule has 1 aromatic carbocycles. The number of halogens is 1. The number of hydrogen-bond acceptors (Lipinski definition) is 7. The van der Waals surface area contributed by atoms with E-state index in [-0.39, 0.29) is 39.3 Å². The first kappa shape index (κ1) is 27.7. The second-order valence-electron chi connectivity index (χ2n) is 9.74. The van der Waals surface area contributed by atoms with Gasteiger partial charge in [-0.1, -0.05) is 13.8 Å². The van der Waals surface area contributed by atoms with Crippen molar-refractivity contribution in [3.8, 4) is 22.8 Å². The largest absolute Gasteiger partial charge is 0.492 e. The number of pyridine rings is 1. The Bertz CT molecular complexity index is 1490. The van der Waals surface area contributed by atoms with Gasteiger partial charge in [-0.05, 0) is 45.7 Å². The molecule has 0 saturated heterocycles. The van der Waals surface area contributed by atoms with Crippen LogP contribution >= 0.6 is 0 Å². The predicted octanol–water partition coefficient (Wildman–Crippen LogP) is 4.52. The van der Waals surface area contributed by atoms with Crippen LogP contribution in [0.2, 0.25) is 0 Å². The molecular weight excluding hydrogens is 509 g/mol. The topological polar surface area (TPSA) is 116 Å². The lowest BCUT2D eigenvalue weighted by Crippen LogP contribution is -2.28. The molecule has 9 nitrogen and oxygen atoms in total. The normalized spacial score (nSPS) is 12.8. The highest BCUT2D eigenvalue weighted by atomic mass is 32.2. The molecule has 36 heavy (non-hydrogen) atoms. The first-order chi connectivity index (χ1) is 16.6. The average molecular weight is 542 g/mol. The molecule has 198 valence electrons. The molecule has 0 aliphatic heterocycles. The van der Waals surface area contributed by atoms with E-state index in [1.807, 2.05) is 13.8 Å². The molecule has 1 N–H and O–H groups in total. The molecule has 3 rings (SSSR count). The van der Waals surface area contributed by atoms with Crippen LogP contribution in [-0.4, -0.2) is 50.4 Å². The third-order valence-electron chi connectivity index (χ3n) is 5.43. The number of methoxy groups -OCH3 is 1. The van der Waals surface area contributed by atoms with Crippen molar-refractivity contribution in [1.82, 2.24) is 9.38 Å². The first-order valence-electron chi connectivity index (χ1n) is 11.4. The van der Waals surface area contributed by atoms with Gasteiger partial charge in [-0.15, -0.1) is 0 Å². The third kappa shape index (κ3) is 5.44. The van der Waals surface area contributed by atoms with Crippen molar-refractivity contribution < 1.29 is 30.7 Å². The fourth-order valence-corrected chi connectivity index (χ4v) is 5.28. The van der Waals surface area contributed by atoms with Gasteiger partial charge in [-0.3, -0.25) is 9.12 Å². The van der Waals surface area contributed by atoms with Crippen molar-refractivity contribution in [2.45, 2.75) is 51.2 Å². The van der Waals surface area contributed by atoms with Crippen molar-refractivity contribution in [2.24, 2.45) is 5.92 Å². The molecule has 12 heteroatoms. The van der Waals surface area contributed by atoms with Crippen LogP contribution in [0.1, 0.15) is 41.5 Å². The van der Waals surface area contributed by atoms with Crippen LogP contribution in [-0.2, 0) is 19.9 Å². The molecule has 2 aromatic heterocycles. The summed E-state index contributed by atoms with van der Waals surface area (Å²) in [4.78, 5) is 4.33. The van der Waals surface area contributed by atoms with Crippen LogP contribution in [0.3, 0.4) is 0 Å². The second-order valence-corrected chi connectivity index (χ2v) is 14.4. The number of benzene rings is 1. The van der Waals surface area contributed by atoms with E-state index in [1.165, 1.54) is 49.0 Å². The van der Waals surface area contributed by atoms with Gasteiger partial charge < -0.3 is 9.47 Å². The number of imidazole rings is 1. The Morgan fingerprint density at radius 3 is 2.36 bits per heavy atom. The molecule has 0 aliphatic carbocycles. The lowest BCUT2D eigenvalue weighted by atomic mass is 10.1. The maximum atomic E-state index is 14.9. The van der Waals surface area contributed by atoms with Crippen LogP contribution in [0, 0.1) is 11.7 Å². The third-order valence-corrected chi connectivity index (χ3v) is 9.22. The van der Waals surface area contributed by atoms with Gasteiger partial charge in [0.2, 0.25) is 10.0 Å². The van der Waals surface area contributed by atoms with E-state index in [1.54, 1.807) is 20.8 Å². The lowest BCUT2D eigenvalue weighted by molar-refractivity contribution is 0.264. The Kier molecular flexibility index (Phi) is 7.62. The lowest BCUT2D eigenvalue weighted by Gasteiger charge is -2.22. The minimum absolute atomic E-state index is 0.0247. The van der Waals surface area contributed by atoms with Gasteiger partial charge in [0.15, 0.2) is 21.4 Å². The number of nitrogens with zero attached hydrogens (tertiary/aromatic N) is 2. The highest BCUT2D eigenvalue weighted by Gasteiger charge is 2.34. The summed E-state index contributed by atoms with van der Waals surface area (Å²) in [6, 6.07) is 4.12. The van der Waals surface area contributed by atoms with Gasteiger partial charge in [-0.2, -0.15) is 0 Å². The highest BCUT2D eigenvalue weighted by Crippen LogP contribution is 2.37. The SMILES string of the molecule is CCS(=O)(=O)Nc1cc(-c2cnc3cc(OCC(C)C)c(S(=O)(=O)C(C)(C)C)cn23)cc(F)c1OC. The number of rotatable bonds is 9. The Morgan fingerprint density at radius 2 is 1.81 bits per heavy atom. The molecule has 0 saturated carbocycles. The van der Waals surface area contributed by atoms with Gasteiger partial charge >= 0.3 is 0 Å². The van der Waals surface area contributed by atoms with Crippen LogP contribution < -0.4 is 14.2 Å². The van der Waals surface area contributed by atoms with E-state index in [9.17, 15) is 21.2 Å². The van der Waals surface area contributed by atoms with E-state index < -0.39 is 30.4 Å². The molecule has 0 bridgehead atoms. The minimum Gasteiger partial charge on any atom is -0.492 e. The zero-order valence-electron chi connectivity index (χ0n) is 21.4. The van der Waals surface area contributed by atoms with Crippen molar-refractivity contribution >= 4 is 31.2 Å². The van der Waals surface area contributed by atoms with Crippen LogP contribution in [0.15, 0.2) is 35.5 Å². The summed E-state index contributed by atoms with van der Waals surface area (Å²) < 4.78 is 79.8. The second kappa shape index (κ2) is 9.89. The summed E-state index contributed by atoms with van der Waals surface area (Å²) in [5.41, 5.74) is 0.918. The molecule has 0 amide bonds. The van der Waals surface area contributed by atoms with Gasteiger partial charge in [0.25, 0.3) is 0 Å². The molecule has 0 fully saturated rings. The number of sulfone groups is 1. The Labute approximate surface area is 211 Å². The number of ether oxygens (including phenoxy) is 2. The maximum absolute atomic E-state index is 14.9. The number of nitrogens with one attached hydrogen (secondary N) is 1. The monoisotopic (exact) mass is 541 g/mol. The Balaban J connectivity index is 2.28. The molecule has 2 heterocycles. The molecule has 3 aromatic rings. The maximum Gasteiger partial charge on any atom is 0.232 e. The summed E-state index contributed by atoms with van der Waals surface area (Å²) in [6.45, 7) is 10.5. The number of hydrogen-bond donors (Lipinski definition) is 1. The number of fused-ring (bicyclic) bond motifs is 1. The molecule has 0 aliphatic rings. The summed E-state index contributed by atoms with van der Waals surface area (Å²) in [5, 5.41) is 0. The van der Waals surface area contributed by atoms with Crippen LogP contribution in [0.5, 0.6) is 11.5 Å². The van der Waals surface area contributed by atoms with E-state index >= 15 is 0 Å². The molecule has 0 atom stereocenters. The van der Waals surface area contributed by atoms with Gasteiger partial charge in [0, 0.05) is 17.8 Å². The standard InChI is InChI=1S/C24H32FN3O6S2/c1-8-35(29,30)27-18-10-16(9-17(25)23(18)33-7)19-12-26-22-11-20(34-14-15(2)3)21(13-28(19)22)36(31,32)24(4,5)6/h9-13,15,27H,8,14H2,1-7H3. The van der Waals surface area contributed by atoms with E-state index in [0.717, 1.165) is 0 Å². The Morgan fingerprint density at radius 1 is 1.14 bits per heavy atom. The van der Waals surface area contributed by atoms with E-state index in [2.05, 4.69) is 9.71 Å². The van der Waals surface area contributed by atoms with Crippen LogP contribution in [0.4, 0.5) is 10.1 Å². The molecule has 0 radical (unpaired) electrons. The zero-order chi connectivity index (χ0) is 27.1. The van der Waals surface area contributed by atoms with Crippen molar-refractivity contribution in [1.29, 1.82) is 0 Å². The number of aromatic nitrogens is 2. The zero-order valence-corrected chi connectivity index (χ0v) is 23.0. The van der Waals surface area contributed by atoms with Gasteiger partial charge in [0.1, 0.15) is 16.3 Å². The fraction of sp³-hybridized carbons (Fsp3) is 0.458. The molecular formula is C24H32FN3O6S2. The van der Waals surface area contributed by atoms with E-state index in [4.69, 9.17) is 9.47 Å². The summed E-state index contributed by atoms with van der Waals surface area (Å²) in [7, 11) is -6.33. The Hall–Kier alpha value is -2.86. The summed E-state index contributed by atoms with van der Waals surface area (Å²) in [5.74, 6) is -0.928. The van der Waals surface area contributed by atoms with Crippen molar-refractivity contribution in [3.05, 3.63) is 36.4 Å². The molecule has 0 unspecified atom stereocenters. The first-order valence-corrected chi connectivity index (χ1v) is 14.5. The highest BCUT2D eigenvalue weighted by molar-refractivity contribution is 7.93. The quantitative estimate of drug-likeness (QED) is 0.423. The number of sulfonamides is 1. The summed E-state index contributed by atoms with van der Waals surface area (Å²) in [6.07, 6.45) is 2.86. The average Bonchev–Trinajstić information content (AvgIpc) is 3.18. The predicted molar refractivity (Wildman–Crippen MR) is 137 cm³/mol. The van der Waals surface area contributed by atoms with Crippen molar-refractivity contribution in [2.75, 3.05) is 24.2 Å². The summed E-state index contributed by atoms with van der Waals surface area (Å²) >= 11 is 0. The smallest absolute Gasteiger partial charge is 0.232 e. The van der Waals surface area contributed by atoms with Gasteiger partial charge in [-0.25, -0.2) is 26.2 Å². The minimum atomic E-state index is -3.84. The van der Waals surface area contributed by atoms with Crippen LogP contribution in [0.25, 0.3) is 16.9 Å². The molecule has 0 spiro atoms. The fourth-order valence-electron chi connectivity index (χ4n) is 3.37. The van der Waals surface area contributed by atoms with E-state index in [0.29, 0.717) is 17.9 Å². The van der Waals surface area contributed by atoms with Crippen molar-refractivity contribution in [3.63, 3.8) is 0 Å². The number of anilines is 1. The van der Waals surface area contributed by atoms with Gasteiger partial charge in [0.05, 0.1) is 41.8 Å².